The Bertz CT molecular complexity index is 1220. The highest BCUT2D eigenvalue weighted by molar-refractivity contribution is 7.90. The number of hydrogen-bond acceptors (Lipinski definition) is 5. The van der Waals surface area contributed by atoms with Gasteiger partial charge in [0.25, 0.3) is 5.91 Å². The lowest BCUT2D eigenvalue weighted by Gasteiger charge is -2.43. The zero-order valence-corrected chi connectivity index (χ0v) is 25.1. The van der Waals surface area contributed by atoms with Crippen LogP contribution in [0.1, 0.15) is 73.9 Å². The molecule has 1 aliphatic carbocycles. The van der Waals surface area contributed by atoms with Gasteiger partial charge in [-0.3, -0.25) is 4.79 Å². The molecule has 5 rings (SSSR count). The molecule has 5 atom stereocenters. The summed E-state index contributed by atoms with van der Waals surface area (Å²) in [6.45, 7) is 6.08. The van der Waals surface area contributed by atoms with Gasteiger partial charge in [0.05, 0.1) is 23.2 Å². The highest BCUT2D eigenvalue weighted by atomic mass is 35.5. The molecule has 1 amide bonds. The molecule has 0 saturated heterocycles. The molecule has 0 radical (unpaired) electrons. The smallest absolute Gasteiger partial charge is 0.292 e. The predicted octanol–water partition coefficient (Wildman–Crippen LogP) is 6.22. The molecule has 1 fully saturated rings. The van der Waals surface area contributed by atoms with Gasteiger partial charge in [0.15, 0.2) is 0 Å². The van der Waals surface area contributed by atoms with Crippen molar-refractivity contribution in [2.24, 2.45) is 17.8 Å². The van der Waals surface area contributed by atoms with E-state index in [4.69, 9.17) is 16.3 Å². The van der Waals surface area contributed by atoms with Gasteiger partial charge in [-0.1, -0.05) is 43.7 Å². The number of carbonyl (C=O) groups excluding carboxylic acids is 1. The minimum atomic E-state index is -1.54. The van der Waals surface area contributed by atoms with Crippen LogP contribution >= 0.6 is 11.6 Å². The van der Waals surface area contributed by atoms with Gasteiger partial charge in [-0.15, -0.1) is 0 Å². The predicted molar refractivity (Wildman–Crippen MR) is 162 cm³/mol. The molecule has 2 aromatic rings. The van der Waals surface area contributed by atoms with Crippen LogP contribution in [-0.4, -0.2) is 40.0 Å². The number of aryl methyl sites for hydroxylation is 1. The van der Waals surface area contributed by atoms with Crippen LogP contribution in [0.2, 0.25) is 5.02 Å². The molecule has 1 saturated carbocycles. The summed E-state index contributed by atoms with van der Waals surface area (Å²) < 4.78 is 22.4. The highest BCUT2D eigenvalue weighted by Crippen LogP contribution is 2.41. The summed E-state index contributed by atoms with van der Waals surface area (Å²) in [5.74, 6) is 1.13. The number of carbonyl (C=O) groups is 1. The standard InChI is InChI=1S/C32H41ClN2O4S/c1-21(2)31-9-4-3-8-29(36)27-14-11-24(27)19-35-16-6-5-7-22-17-26(33)13-10-25(22)20-39-30-15-12-23(18-28(30)35)32(37)34-40(31)38/h3-4,10,12-13,15,17-18,21,24,27,29,31,36H,5-9,11,14,16,19-20H2,1-2H3,(H,34,37)/b4-3+/t24-,27+,29+,31+,40?/m0/s1. The number of nitrogens with zero attached hydrogens (tertiary/aromatic N) is 1. The second-order valence-electron chi connectivity index (χ2n) is 11.8. The second kappa shape index (κ2) is 13.2. The van der Waals surface area contributed by atoms with E-state index in [0.29, 0.717) is 30.9 Å². The lowest BCUT2D eigenvalue weighted by atomic mass is 9.69. The van der Waals surface area contributed by atoms with E-state index in [1.165, 1.54) is 5.56 Å². The lowest BCUT2D eigenvalue weighted by molar-refractivity contribution is 0.0180. The maximum Gasteiger partial charge on any atom is 0.292 e. The van der Waals surface area contributed by atoms with Crippen LogP contribution in [0.5, 0.6) is 5.75 Å². The summed E-state index contributed by atoms with van der Waals surface area (Å²) in [6.07, 6.45) is 9.84. The zero-order valence-electron chi connectivity index (χ0n) is 23.5. The van der Waals surface area contributed by atoms with Gasteiger partial charge in [0.1, 0.15) is 17.6 Å². The number of halogens is 1. The molecular weight excluding hydrogens is 544 g/mol. The molecule has 2 aromatic carbocycles. The summed E-state index contributed by atoms with van der Waals surface area (Å²) in [5, 5.41) is 11.6. The van der Waals surface area contributed by atoms with Crippen molar-refractivity contribution in [2.45, 2.75) is 76.8 Å². The van der Waals surface area contributed by atoms with Gasteiger partial charge in [-0.2, -0.15) is 4.72 Å². The largest absolute Gasteiger partial charge is 0.593 e. The van der Waals surface area contributed by atoms with Crippen LogP contribution < -0.4 is 14.4 Å². The van der Waals surface area contributed by atoms with E-state index in [1.807, 2.05) is 56.3 Å². The molecule has 216 valence electrons. The first-order chi connectivity index (χ1) is 19.3. The molecule has 6 nitrogen and oxygen atoms in total. The lowest BCUT2D eigenvalue weighted by Crippen LogP contribution is -2.44. The van der Waals surface area contributed by atoms with Crippen molar-refractivity contribution in [3.8, 4) is 5.75 Å². The Morgan fingerprint density at radius 1 is 1.10 bits per heavy atom. The van der Waals surface area contributed by atoms with Crippen molar-refractivity contribution in [3.63, 3.8) is 0 Å². The molecule has 40 heavy (non-hydrogen) atoms. The Kier molecular flexibility index (Phi) is 9.67. The SMILES string of the molecule is CC(C)[C@H]1C/C=C/C[C@@H](O)[C@@H]2CC[C@H]2CN2CCCCc3cc(Cl)ccc3COc3ccc(cc32)C(=O)N[S+]1[O-]. The minimum Gasteiger partial charge on any atom is -0.593 e. The van der Waals surface area contributed by atoms with E-state index in [9.17, 15) is 14.5 Å². The Labute approximate surface area is 246 Å². The Hall–Kier alpha value is -2.19. The highest BCUT2D eigenvalue weighted by Gasteiger charge is 2.37. The number of anilines is 1. The number of fused-ring (bicyclic) bond motifs is 3. The van der Waals surface area contributed by atoms with Crippen LogP contribution in [0.4, 0.5) is 5.69 Å². The average molecular weight is 585 g/mol. The Balaban J connectivity index is 1.50. The Morgan fingerprint density at radius 3 is 2.70 bits per heavy atom. The molecule has 3 aliphatic rings. The van der Waals surface area contributed by atoms with Crippen LogP contribution in [0, 0.1) is 17.8 Å². The van der Waals surface area contributed by atoms with E-state index in [1.54, 1.807) is 6.07 Å². The van der Waals surface area contributed by atoms with Crippen molar-refractivity contribution in [2.75, 3.05) is 18.0 Å². The van der Waals surface area contributed by atoms with Crippen molar-refractivity contribution in [1.29, 1.82) is 0 Å². The molecule has 2 N–H and O–H groups in total. The number of rotatable bonds is 1. The monoisotopic (exact) mass is 584 g/mol. The topological polar surface area (TPSA) is 84.9 Å². The van der Waals surface area contributed by atoms with Crippen LogP contribution in [0.3, 0.4) is 0 Å². The molecule has 2 aliphatic heterocycles. The van der Waals surface area contributed by atoms with Gasteiger partial charge >= 0.3 is 0 Å². The fourth-order valence-electron chi connectivity index (χ4n) is 6.16. The van der Waals surface area contributed by atoms with Crippen molar-refractivity contribution < 1.29 is 19.2 Å². The first kappa shape index (κ1) is 29.3. The normalized spacial score (nSPS) is 28.7. The molecule has 2 heterocycles. The van der Waals surface area contributed by atoms with E-state index in [2.05, 4.69) is 9.62 Å². The van der Waals surface area contributed by atoms with Gasteiger partial charge in [0, 0.05) is 36.0 Å². The van der Waals surface area contributed by atoms with E-state index in [0.717, 1.165) is 67.2 Å². The molecule has 8 heteroatoms. The van der Waals surface area contributed by atoms with Crippen LogP contribution in [0.25, 0.3) is 0 Å². The number of nitrogens with one attached hydrogen (secondary N) is 1. The summed E-state index contributed by atoms with van der Waals surface area (Å²) >= 11 is 4.77. The zero-order chi connectivity index (χ0) is 28.2. The molecule has 0 spiro atoms. The third-order valence-corrected chi connectivity index (χ3v) is 10.7. The third-order valence-electron chi connectivity index (χ3n) is 8.79. The quantitative estimate of drug-likeness (QED) is 0.307. The van der Waals surface area contributed by atoms with E-state index >= 15 is 0 Å². The molecule has 1 unspecified atom stereocenters. The Morgan fingerprint density at radius 2 is 1.93 bits per heavy atom. The number of amides is 1. The van der Waals surface area contributed by atoms with E-state index in [-0.39, 0.29) is 23.0 Å². The number of aliphatic hydroxyl groups is 1. The van der Waals surface area contributed by atoms with Crippen molar-refractivity contribution >= 4 is 34.6 Å². The number of allylic oxidation sites excluding steroid dienone is 1. The summed E-state index contributed by atoms with van der Waals surface area (Å²) in [4.78, 5) is 15.7. The first-order valence-corrected chi connectivity index (χ1v) is 16.2. The number of benzene rings is 2. The molecule has 0 aromatic heterocycles. The fraction of sp³-hybridized carbons (Fsp3) is 0.531. The van der Waals surface area contributed by atoms with Gasteiger partial charge in [0.2, 0.25) is 0 Å². The van der Waals surface area contributed by atoms with Gasteiger partial charge < -0.3 is 19.3 Å². The molecular formula is C32H41ClN2O4S. The number of hydrogen-bond donors (Lipinski definition) is 2. The van der Waals surface area contributed by atoms with Crippen molar-refractivity contribution in [1.82, 2.24) is 4.72 Å². The average Bonchev–Trinajstić information content (AvgIpc) is 2.93. The summed E-state index contributed by atoms with van der Waals surface area (Å²) in [7, 11) is 0. The minimum absolute atomic E-state index is 0.125. The summed E-state index contributed by atoms with van der Waals surface area (Å²) in [5.41, 5.74) is 3.67. The number of ether oxygens (including phenoxy) is 1. The molecule has 2 bridgehead atoms. The number of aliphatic hydroxyl groups excluding tert-OH is 1. The van der Waals surface area contributed by atoms with Gasteiger partial charge in [-0.05, 0) is 91.8 Å². The van der Waals surface area contributed by atoms with Gasteiger partial charge in [-0.25, -0.2) is 0 Å². The first-order valence-electron chi connectivity index (χ1n) is 14.6. The fourth-order valence-corrected chi connectivity index (χ4v) is 7.59. The second-order valence-corrected chi connectivity index (χ2v) is 13.7. The van der Waals surface area contributed by atoms with Crippen LogP contribution in [-0.2, 0) is 24.4 Å². The maximum atomic E-state index is 13.3. The van der Waals surface area contributed by atoms with Crippen LogP contribution in [0.15, 0.2) is 48.6 Å². The van der Waals surface area contributed by atoms with Crippen molar-refractivity contribution in [3.05, 3.63) is 70.3 Å². The van der Waals surface area contributed by atoms with E-state index < -0.39 is 17.5 Å². The summed E-state index contributed by atoms with van der Waals surface area (Å²) in [6, 6.07) is 11.5. The third kappa shape index (κ3) is 6.81. The maximum absolute atomic E-state index is 13.3.